The van der Waals surface area contributed by atoms with Crippen molar-refractivity contribution in [2.45, 2.75) is 13.0 Å². The summed E-state index contributed by atoms with van der Waals surface area (Å²) in [5, 5.41) is 9.31. The summed E-state index contributed by atoms with van der Waals surface area (Å²) >= 11 is 0. The highest BCUT2D eigenvalue weighted by atomic mass is 16.5. The number of ether oxygens (including phenoxy) is 1. The average Bonchev–Trinajstić information content (AvgIpc) is 2.31. The summed E-state index contributed by atoms with van der Waals surface area (Å²) < 4.78 is 5.46. The lowest BCUT2D eigenvalue weighted by molar-refractivity contribution is 0.198. The number of nitrogens with zero attached hydrogens (tertiary/aromatic N) is 2. The molecular formula is C12H12N2O2. The van der Waals surface area contributed by atoms with E-state index >= 15 is 0 Å². The van der Waals surface area contributed by atoms with Crippen LogP contribution < -0.4 is 4.74 Å². The Labute approximate surface area is 93.6 Å². The maximum absolute atomic E-state index is 9.31. The topological polar surface area (TPSA) is 55.2 Å². The normalized spacial score (nSPS) is 12.1. The Hall–Kier alpha value is -1.94. The van der Waals surface area contributed by atoms with E-state index < -0.39 is 6.10 Å². The van der Waals surface area contributed by atoms with Crippen LogP contribution in [0.4, 0.5) is 0 Å². The first-order chi connectivity index (χ1) is 7.75. The standard InChI is InChI=1S/C12H12N2O2/c1-9(15)10-4-5-12(14-7-10)16-11-3-2-6-13-8-11/h2-9,15H,1H3/t9-/m1/s1. The van der Waals surface area contributed by atoms with Crippen LogP contribution >= 0.6 is 0 Å². The fourth-order valence-electron chi connectivity index (χ4n) is 1.23. The number of aliphatic hydroxyl groups excluding tert-OH is 1. The smallest absolute Gasteiger partial charge is 0.219 e. The molecule has 0 aliphatic heterocycles. The van der Waals surface area contributed by atoms with E-state index in [9.17, 15) is 5.11 Å². The zero-order valence-electron chi connectivity index (χ0n) is 8.87. The van der Waals surface area contributed by atoms with Crippen molar-refractivity contribution in [2.24, 2.45) is 0 Å². The van der Waals surface area contributed by atoms with Gasteiger partial charge in [-0.2, -0.15) is 0 Å². The maximum Gasteiger partial charge on any atom is 0.219 e. The summed E-state index contributed by atoms with van der Waals surface area (Å²) in [7, 11) is 0. The van der Waals surface area contributed by atoms with E-state index in [0.717, 1.165) is 5.56 Å². The molecule has 0 unspecified atom stereocenters. The molecule has 2 aromatic heterocycles. The van der Waals surface area contributed by atoms with Crippen LogP contribution in [0.5, 0.6) is 11.6 Å². The van der Waals surface area contributed by atoms with Crippen LogP contribution in [0.15, 0.2) is 42.9 Å². The van der Waals surface area contributed by atoms with Crippen LogP contribution in [0, 0.1) is 0 Å². The SMILES string of the molecule is C[C@@H](O)c1ccc(Oc2cccnc2)nc1. The van der Waals surface area contributed by atoms with Gasteiger partial charge in [0.05, 0.1) is 12.3 Å². The molecule has 0 spiro atoms. The molecule has 0 aliphatic carbocycles. The molecule has 0 radical (unpaired) electrons. The zero-order valence-corrected chi connectivity index (χ0v) is 8.87. The second kappa shape index (κ2) is 4.72. The first-order valence-corrected chi connectivity index (χ1v) is 4.97. The van der Waals surface area contributed by atoms with E-state index in [1.54, 1.807) is 49.8 Å². The van der Waals surface area contributed by atoms with Crippen molar-refractivity contribution >= 4 is 0 Å². The summed E-state index contributed by atoms with van der Waals surface area (Å²) in [5.74, 6) is 1.12. The van der Waals surface area contributed by atoms with Crippen molar-refractivity contribution in [1.29, 1.82) is 0 Å². The molecule has 0 aromatic carbocycles. The van der Waals surface area contributed by atoms with Crippen molar-refractivity contribution in [2.75, 3.05) is 0 Å². The summed E-state index contributed by atoms with van der Waals surface area (Å²) in [6.45, 7) is 1.69. The lowest BCUT2D eigenvalue weighted by Crippen LogP contribution is -1.93. The van der Waals surface area contributed by atoms with Gasteiger partial charge in [0, 0.05) is 18.5 Å². The Balaban J connectivity index is 2.11. The van der Waals surface area contributed by atoms with Gasteiger partial charge >= 0.3 is 0 Å². The van der Waals surface area contributed by atoms with Crippen LogP contribution in [0.2, 0.25) is 0 Å². The van der Waals surface area contributed by atoms with Crippen LogP contribution in [-0.4, -0.2) is 15.1 Å². The van der Waals surface area contributed by atoms with Crippen LogP contribution in [0.25, 0.3) is 0 Å². The van der Waals surface area contributed by atoms with Crippen molar-refractivity contribution in [3.63, 3.8) is 0 Å². The molecule has 1 N–H and O–H groups in total. The van der Waals surface area contributed by atoms with Gasteiger partial charge in [-0.25, -0.2) is 4.98 Å². The minimum Gasteiger partial charge on any atom is -0.437 e. The van der Waals surface area contributed by atoms with Gasteiger partial charge in [0.25, 0.3) is 0 Å². The number of pyridine rings is 2. The molecule has 2 heterocycles. The van der Waals surface area contributed by atoms with Crippen LogP contribution in [0.3, 0.4) is 0 Å². The zero-order chi connectivity index (χ0) is 11.4. The lowest BCUT2D eigenvalue weighted by atomic mass is 10.2. The third-order valence-electron chi connectivity index (χ3n) is 2.10. The molecule has 0 amide bonds. The molecule has 4 heteroatoms. The monoisotopic (exact) mass is 216 g/mol. The molecule has 0 fully saturated rings. The molecule has 0 aliphatic rings. The number of aliphatic hydroxyl groups is 1. The number of rotatable bonds is 3. The van der Waals surface area contributed by atoms with Gasteiger partial charge in [-0.1, -0.05) is 0 Å². The first kappa shape index (κ1) is 10.6. The van der Waals surface area contributed by atoms with Crippen LogP contribution in [0.1, 0.15) is 18.6 Å². The molecule has 0 bridgehead atoms. The van der Waals surface area contributed by atoms with E-state index in [4.69, 9.17) is 4.74 Å². The molecule has 16 heavy (non-hydrogen) atoms. The lowest BCUT2D eigenvalue weighted by Gasteiger charge is -2.06. The molecule has 4 nitrogen and oxygen atoms in total. The molecule has 2 aromatic rings. The fourth-order valence-corrected chi connectivity index (χ4v) is 1.23. The van der Waals surface area contributed by atoms with Crippen molar-refractivity contribution in [3.8, 4) is 11.6 Å². The Morgan fingerprint density at radius 2 is 2.12 bits per heavy atom. The van der Waals surface area contributed by atoms with Crippen molar-refractivity contribution < 1.29 is 9.84 Å². The van der Waals surface area contributed by atoms with Gasteiger partial charge in [-0.05, 0) is 30.7 Å². The molecule has 1 atom stereocenters. The minimum absolute atomic E-state index is 0.484. The third kappa shape index (κ3) is 2.55. The predicted molar refractivity (Wildman–Crippen MR) is 59.2 cm³/mol. The molecule has 0 saturated heterocycles. The molecule has 82 valence electrons. The third-order valence-corrected chi connectivity index (χ3v) is 2.10. The highest BCUT2D eigenvalue weighted by Gasteiger charge is 2.02. The maximum atomic E-state index is 9.31. The predicted octanol–water partition coefficient (Wildman–Crippen LogP) is 2.32. The fraction of sp³-hybridized carbons (Fsp3) is 0.167. The van der Waals surface area contributed by atoms with E-state index in [2.05, 4.69) is 9.97 Å². The summed E-state index contributed by atoms with van der Waals surface area (Å²) in [6.07, 6.45) is 4.37. The van der Waals surface area contributed by atoms with Crippen molar-refractivity contribution in [1.82, 2.24) is 9.97 Å². The number of aromatic nitrogens is 2. The highest BCUT2D eigenvalue weighted by Crippen LogP contribution is 2.19. The number of hydrogen-bond donors (Lipinski definition) is 1. The molecular weight excluding hydrogens is 204 g/mol. The van der Waals surface area contributed by atoms with E-state index in [1.807, 2.05) is 0 Å². The largest absolute Gasteiger partial charge is 0.437 e. The Morgan fingerprint density at radius 1 is 1.25 bits per heavy atom. The van der Waals surface area contributed by atoms with E-state index in [-0.39, 0.29) is 0 Å². The summed E-state index contributed by atoms with van der Waals surface area (Å²) in [5.41, 5.74) is 0.763. The van der Waals surface area contributed by atoms with E-state index in [0.29, 0.717) is 11.6 Å². The molecule has 0 saturated carbocycles. The summed E-state index contributed by atoms with van der Waals surface area (Å²) in [6, 6.07) is 7.09. The Morgan fingerprint density at radius 3 is 2.69 bits per heavy atom. The average molecular weight is 216 g/mol. The van der Waals surface area contributed by atoms with Gasteiger partial charge in [0.2, 0.25) is 5.88 Å². The first-order valence-electron chi connectivity index (χ1n) is 4.97. The van der Waals surface area contributed by atoms with Gasteiger partial charge in [0.1, 0.15) is 5.75 Å². The van der Waals surface area contributed by atoms with E-state index in [1.165, 1.54) is 0 Å². The van der Waals surface area contributed by atoms with Crippen LogP contribution in [-0.2, 0) is 0 Å². The second-order valence-electron chi connectivity index (χ2n) is 3.40. The quantitative estimate of drug-likeness (QED) is 0.855. The minimum atomic E-state index is -0.514. The van der Waals surface area contributed by atoms with Gasteiger partial charge in [-0.3, -0.25) is 4.98 Å². The Bertz CT molecular complexity index is 440. The Kier molecular flexibility index (Phi) is 3.12. The highest BCUT2D eigenvalue weighted by molar-refractivity contribution is 5.25. The van der Waals surface area contributed by atoms with Gasteiger partial charge < -0.3 is 9.84 Å². The van der Waals surface area contributed by atoms with Crippen molar-refractivity contribution in [3.05, 3.63) is 48.4 Å². The number of hydrogen-bond acceptors (Lipinski definition) is 4. The van der Waals surface area contributed by atoms with Gasteiger partial charge in [0.15, 0.2) is 0 Å². The second-order valence-corrected chi connectivity index (χ2v) is 3.40. The summed E-state index contributed by atoms with van der Waals surface area (Å²) in [4.78, 5) is 8.02. The van der Waals surface area contributed by atoms with Gasteiger partial charge in [-0.15, -0.1) is 0 Å². The molecule has 2 rings (SSSR count).